The maximum Gasteiger partial charge on any atom is 0.301 e. The second kappa shape index (κ2) is 8.00. The van der Waals surface area contributed by atoms with E-state index in [9.17, 15) is 14.7 Å². The van der Waals surface area contributed by atoms with Gasteiger partial charge in [0.25, 0.3) is 5.78 Å². The van der Waals surface area contributed by atoms with Crippen LogP contribution in [0, 0.1) is 0 Å². The fourth-order valence-electron chi connectivity index (χ4n) is 3.48. The van der Waals surface area contributed by atoms with Gasteiger partial charge in [0.15, 0.2) is 0 Å². The molecule has 7 heteroatoms. The second-order valence-electron chi connectivity index (χ2n) is 6.62. The van der Waals surface area contributed by atoms with Gasteiger partial charge in [-0.15, -0.1) is 0 Å². The number of carbonyl (C=O) groups excluding carboxylic acids is 2. The van der Waals surface area contributed by atoms with Crippen LogP contribution >= 0.6 is 11.6 Å². The number of benzene rings is 2. The number of ether oxygens (including phenoxy) is 1. The molecule has 4 rings (SSSR count). The highest BCUT2D eigenvalue weighted by Crippen LogP contribution is 2.42. The summed E-state index contributed by atoms with van der Waals surface area (Å²) in [5, 5.41) is 11.3. The van der Waals surface area contributed by atoms with Gasteiger partial charge in [0.1, 0.15) is 17.3 Å². The number of hydrogen-bond acceptors (Lipinski definition) is 5. The van der Waals surface area contributed by atoms with Crippen LogP contribution in [0.2, 0.25) is 5.02 Å². The van der Waals surface area contributed by atoms with Crippen molar-refractivity contribution in [3.8, 4) is 5.75 Å². The van der Waals surface area contributed by atoms with E-state index in [1.165, 1.54) is 18.1 Å². The summed E-state index contributed by atoms with van der Waals surface area (Å²) in [6.07, 6.45) is 1.54. The smallest absolute Gasteiger partial charge is 0.301 e. The summed E-state index contributed by atoms with van der Waals surface area (Å²) in [6, 6.07) is 17.9. The van der Waals surface area contributed by atoms with E-state index in [4.69, 9.17) is 16.3 Å². The van der Waals surface area contributed by atoms with Crippen LogP contribution in [0.25, 0.3) is 5.76 Å². The minimum atomic E-state index is -0.832. The normalized spacial score (nSPS) is 17.9. The highest BCUT2D eigenvalue weighted by atomic mass is 35.5. The van der Waals surface area contributed by atoms with Gasteiger partial charge < -0.3 is 9.84 Å². The number of methoxy groups -OCH3 is 1. The zero-order chi connectivity index (χ0) is 21.3. The van der Waals surface area contributed by atoms with Crippen molar-refractivity contribution >= 4 is 34.9 Å². The summed E-state index contributed by atoms with van der Waals surface area (Å²) < 4.78 is 5.14. The number of amides is 1. The Morgan fingerprint density at radius 1 is 1.07 bits per heavy atom. The van der Waals surface area contributed by atoms with Crippen LogP contribution in [0.4, 0.5) is 5.82 Å². The van der Waals surface area contributed by atoms with Crippen molar-refractivity contribution < 1.29 is 19.4 Å². The molecule has 0 aliphatic carbocycles. The molecule has 0 bridgehead atoms. The average molecular weight is 421 g/mol. The minimum Gasteiger partial charge on any atom is -0.507 e. The maximum atomic E-state index is 13.0. The third-order valence-electron chi connectivity index (χ3n) is 4.88. The summed E-state index contributed by atoms with van der Waals surface area (Å²) >= 11 is 6.19. The van der Waals surface area contributed by atoms with Crippen molar-refractivity contribution in [3.63, 3.8) is 0 Å². The number of anilines is 1. The molecule has 0 saturated carbocycles. The Bertz CT molecular complexity index is 1150. The van der Waals surface area contributed by atoms with Crippen molar-refractivity contribution in [2.75, 3.05) is 12.0 Å². The molecule has 1 aromatic heterocycles. The first-order chi connectivity index (χ1) is 14.5. The van der Waals surface area contributed by atoms with Crippen molar-refractivity contribution in [2.45, 2.75) is 6.04 Å². The molecular weight excluding hydrogens is 404 g/mol. The van der Waals surface area contributed by atoms with E-state index < -0.39 is 17.7 Å². The molecule has 1 aliphatic heterocycles. The first kappa shape index (κ1) is 19.7. The monoisotopic (exact) mass is 420 g/mol. The molecule has 1 unspecified atom stereocenters. The van der Waals surface area contributed by atoms with Crippen LogP contribution in [0.3, 0.4) is 0 Å². The van der Waals surface area contributed by atoms with E-state index in [1.807, 2.05) is 6.07 Å². The van der Waals surface area contributed by atoms with Gasteiger partial charge in [-0.2, -0.15) is 0 Å². The molecule has 2 heterocycles. The number of halogens is 1. The maximum absolute atomic E-state index is 13.0. The Hall–Kier alpha value is -3.64. The SMILES string of the molecule is COc1ccc(/C(O)=C2/C(=O)C(=O)N(c3ccccn3)C2c2ccccc2)cc1Cl. The average Bonchev–Trinajstić information content (AvgIpc) is 3.05. The van der Waals surface area contributed by atoms with Gasteiger partial charge in [-0.25, -0.2) is 4.98 Å². The molecule has 0 radical (unpaired) electrons. The van der Waals surface area contributed by atoms with E-state index in [1.54, 1.807) is 60.8 Å². The predicted molar refractivity (Wildman–Crippen MR) is 113 cm³/mol. The van der Waals surface area contributed by atoms with Crippen LogP contribution in [0.1, 0.15) is 17.2 Å². The predicted octanol–water partition coefficient (Wildman–Crippen LogP) is 4.37. The first-order valence-electron chi connectivity index (χ1n) is 9.14. The molecule has 30 heavy (non-hydrogen) atoms. The standard InChI is InChI=1S/C23H17ClN2O4/c1-30-17-11-10-15(13-16(17)24)21(27)19-20(14-7-3-2-4-8-14)26(23(29)22(19)28)18-9-5-6-12-25-18/h2-13,20,27H,1H3/b21-19-. The highest BCUT2D eigenvalue weighted by molar-refractivity contribution is 6.51. The Morgan fingerprint density at radius 2 is 1.80 bits per heavy atom. The van der Waals surface area contributed by atoms with Crippen molar-refractivity contribution in [2.24, 2.45) is 0 Å². The molecule has 1 aliphatic rings. The van der Waals surface area contributed by atoms with Gasteiger partial charge in [-0.3, -0.25) is 14.5 Å². The Kier molecular flexibility index (Phi) is 5.25. The second-order valence-corrected chi connectivity index (χ2v) is 7.02. The lowest BCUT2D eigenvalue weighted by Crippen LogP contribution is -2.30. The minimum absolute atomic E-state index is 0.0295. The largest absolute Gasteiger partial charge is 0.507 e. The fourth-order valence-corrected chi connectivity index (χ4v) is 3.74. The Balaban J connectivity index is 1.93. The zero-order valence-electron chi connectivity index (χ0n) is 15.9. The molecule has 1 N–H and O–H groups in total. The number of aliphatic hydroxyl groups excluding tert-OH is 1. The molecule has 3 aromatic rings. The quantitative estimate of drug-likeness (QED) is 0.385. The van der Waals surface area contributed by atoms with Crippen molar-refractivity contribution in [1.82, 2.24) is 4.98 Å². The number of hydrogen-bond donors (Lipinski definition) is 1. The lowest BCUT2D eigenvalue weighted by Gasteiger charge is -2.24. The molecule has 6 nitrogen and oxygen atoms in total. The van der Waals surface area contributed by atoms with Gasteiger partial charge in [-0.1, -0.05) is 48.0 Å². The number of aromatic nitrogens is 1. The molecule has 1 fully saturated rings. The van der Waals surface area contributed by atoms with Crippen LogP contribution in [0.5, 0.6) is 5.75 Å². The number of pyridine rings is 1. The van der Waals surface area contributed by atoms with Crippen molar-refractivity contribution in [1.29, 1.82) is 0 Å². The Labute approximate surface area is 178 Å². The van der Waals surface area contributed by atoms with Crippen LogP contribution in [-0.4, -0.2) is 28.9 Å². The fraction of sp³-hybridized carbons (Fsp3) is 0.0870. The van der Waals surface area contributed by atoms with E-state index in [-0.39, 0.29) is 16.4 Å². The number of rotatable bonds is 4. The van der Waals surface area contributed by atoms with Crippen LogP contribution < -0.4 is 9.64 Å². The van der Waals surface area contributed by atoms with Crippen LogP contribution in [-0.2, 0) is 9.59 Å². The molecule has 0 spiro atoms. The number of carbonyl (C=O) groups is 2. The van der Waals surface area contributed by atoms with Gasteiger partial charge in [0, 0.05) is 11.8 Å². The molecular formula is C23H17ClN2O4. The number of nitrogens with zero attached hydrogens (tertiary/aromatic N) is 2. The van der Waals surface area contributed by atoms with Gasteiger partial charge in [-0.05, 0) is 35.9 Å². The van der Waals surface area contributed by atoms with E-state index >= 15 is 0 Å². The molecule has 150 valence electrons. The molecule has 1 saturated heterocycles. The van der Waals surface area contributed by atoms with E-state index in [0.717, 1.165) is 0 Å². The number of aliphatic hydroxyl groups is 1. The van der Waals surface area contributed by atoms with Crippen molar-refractivity contribution in [3.05, 3.63) is 94.6 Å². The summed E-state index contributed by atoms with van der Waals surface area (Å²) in [7, 11) is 1.48. The van der Waals surface area contributed by atoms with Gasteiger partial charge >= 0.3 is 5.91 Å². The lowest BCUT2D eigenvalue weighted by atomic mass is 9.95. The van der Waals surface area contributed by atoms with Gasteiger partial charge in [0.2, 0.25) is 0 Å². The zero-order valence-corrected chi connectivity index (χ0v) is 16.7. The third-order valence-corrected chi connectivity index (χ3v) is 5.18. The molecule has 1 amide bonds. The summed E-state index contributed by atoms with van der Waals surface area (Å²) in [5.41, 5.74) is 0.947. The summed E-state index contributed by atoms with van der Waals surface area (Å²) in [4.78, 5) is 31.5. The summed E-state index contributed by atoms with van der Waals surface area (Å²) in [5.74, 6) is -1.12. The number of ketones is 1. The highest BCUT2D eigenvalue weighted by Gasteiger charge is 2.47. The Morgan fingerprint density at radius 3 is 2.43 bits per heavy atom. The first-order valence-corrected chi connectivity index (χ1v) is 9.51. The topological polar surface area (TPSA) is 79.7 Å². The third kappa shape index (κ3) is 3.31. The van der Waals surface area contributed by atoms with E-state index in [2.05, 4.69) is 4.98 Å². The summed E-state index contributed by atoms with van der Waals surface area (Å²) in [6.45, 7) is 0. The van der Waals surface area contributed by atoms with E-state index in [0.29, 0.717) is 22.7 Å². The molecule has 2 aromatic carbocycles. The van der Waals surface area contributed by atoms with Crippen LogP contribution in [0.15, 0.2) is 78.5 Å². The lowest BCUT2D eigenvalue weighted by molar-refractivity contribution is -0.132. The molecule has 1 atom stereocenters. The van der Waals surface area contributed by atoms with Gasteiger partial charge in [0.05, 0.1) is 23.7 Å². The number of Topliss-reactive ketones (excluding diaryl/α,β-unsaturated/α-hetero) is 1.